The van der Waals surface area contributed by atoms with Crippen LogP contribution >= 0.6 is 0 Å². The number of fused-ring (bicyclic) bond motifs is 1. The maximum absolute atomic E-state index is 13.3. The average molecular weight is 201 g/mol. The van der Waals surface area contributed by atoms with E-state index in [1.54, 1.807) is 0 Å². The monoisotopic (exact) mass is 201 g/mol. The zero-order valence-electron chi connectivity index (χ0n) is 7.65. The first-order valence-corrected chi connectivity index (χ1v) is 4.44. The van der Waals surface area contributed by atoms with Crippen molar-refractivity contribution in [1.82, 2.24) is 0 Å². The highest BCUT2D eigenvalue weighted by Gasteiger charge is 2.32. The first-order chi connectivity index (χ1) is 6.52. The smallest absolute Gasteiger partial charge is 0.194 e. The largest absolute Gasteiger partial charge is 0.324 e. The molecule has 0 radical (unpaired) electrons. The van der Waals surface area contributed by atoms with Crippen molar-refractivity contribution in [3.8, 4) is 0 Å². The predicted octanol–water partition coefficient (Wildman–Crippen LogP) is 2.30. The Morgan fingerprint density at radius 3 is 2.57 bits per heavy atom. The Labute approximate surface area is 79.7 Å². The lowest BCUT2D eigenvalue weighted by molar-refractivity contribution is 0.431. The lowest BCUT2D eigenvalue weighted by Crippen LogP contribution is -2.15. The van der Waals surface area contributed by atoms with Gasteiger partial charge >= 0.3 is 0 Å². The van der Waals surface area contributed by atoms with Gasteiger partial charge in [0.05, 0.1) is 0 Å². The van der Waals surface area contributed by atoms with E-state index in [9.17, 15) is 13.2 Å². The van der Waals surface area contributed by atoms with Crippen LogP contribution < -0.4 is 5.73 Å². The minimum absolute atomic E-state index is 0.0284. The summed E-state index contributed by atoms with van der Waals surface area (Å²) in [6.45, 7) is 1.83. The van der Waals surface area contributed by atoms with Crippen LogP contribution in [0.1, 0.15) is 24.1 Å². The second kappa shape index (κ2) is 2.98. The molecule has 0 aromatic heterocycles. The van der Waals surface area contributed by atoms with E-state index in [4.69, 9.17) is 5.73 Å². The van der Waals surface area contributed by atoms with E-state index in [2.05, 4.69) is 0 Å². The van der Waals surface area contributed by atoms with Crippen LogP contribution in [0.15, 0.2) is 6.07 Å². The molecule has 1 aliphatic carbocycles. The van der Waals surface area contributed by atoms with E-state index >= 15 is 0 Å². The van der Waals surface area contributed by atoms with E-state index in [1.165, 1.54) is 0 Å². The molecule has 2 rings (SSSR count). The van der Waals surface area contributed by atoms with Crippen molar-refractivity contribution in [2.24, 2.45) is 11.7 Å². The number of nitrogens with two attached hydrogens (primary N) is 1. The normalized spacial score (nSPS) is 25.2. The average Bonchev–Trinajstić information content (AvgIpc) is 2.39. The molecule has 0 fully saturated rings. The molecule has 2 unspecified atom stereocenters. The van der Waals surface area contributed by atoms with Gasteiger partial charge in [0.15, 0.2) is 17.5 Å². The van der Waals surface area contributed by atoms with Gasteiger partial charge in [0, 0.05) is 11.6 Å². The minimum Gasteiger partial charge on any atom is -0.324 e. The number of rotatable bonds is 0. The fourth-order valence-electron chi connectivity index (χ4n) is 1.95. The Balaban J connectivity index is 2.65. The molecule has 0 spiro atoms. The lowest BCUT2D eigenvalue weighted by Gasteiger charge is -2.10. The van der Waals surface area contributed by atoms with Crippen molar-refractivity contribution in [2.75, 3.05) is 0 Å². The SMILES string of the molecule is CC1Cc2cc(F)c(F)c(F)c2C1N. The van der Waals surface area contributed by atoms with Crippen LogP contribution in [0.2, 0.25) is 0 Å². The van der Waals surface area contributed by atoms with Gasteiger partial charge in [0.1, 0.15) is 0 Å². The third-order valence-electron chi connectivity index (χ3n) is 2.77. The van der Waals surface area contributed by atoms with Crippen molar-refractivity contribution in [3.63, 3.8) is 0 Å². The lowest BCUT2D eigenvalue weighted by atomic mass is 10.0. The van der Waals surface area contributed by atoms with Crippen LogP contribution in [0.25, 0.3) is 0 Å². The quantitative estimate of drug-likeness (QED) is 0.640. The predicted molar refractivity (Wildman–Crippen MR) is 46.1 cm³/mol. The van der Waals surface area contributed by atoms with Crippen LogP contribution in [0.4, 0.5) is 13.2 Å². The molecule has 0 amide bonds. The molecule has 1 aromatic rings. The standard InChI is InChI=1S/C10H10F3N/c1-4-2-5-3-6(11)8(12)9(13)7(5)10(4)14/h3-4,10H,2,14H2,1H3. The Kier molecular flexibility index (Phi) is 2.03. The molecule has 1 aliphatic rings. The van der Waals surface area contributed by atoms with Crippen molar-refractivity contribution >= 4 is 0 Å². The summed E-state index contributed by atoms with van der Waals surface area (Å²) in [6, 6.07) is 0.511. The van der Waals surface area contributed by atoms with Crippen LogP contribution in [0.3, 0.4) is 0 Å². The van der Waals surface area contributed by atoms with Gasteiger partial charge < -0.3 is 5.73 Å². The van der Waals surface area contributed by atoms with E-state index in [0.717, 1.165) is 6.07 Å². The summed E-state index contributed by atoms with van der Waals surface area (Å²) in [5.74, 6) is -3.66. The van der Waals surface area contributed by atoms with Crippen molar-refractivity contribution in [1.29, 1.82) is 0 Å². The molecule has 14 heavy (non-hydrogen) atoms. The van der Waals surface area contributed by atoms with Gasteiger partial charge in [-0.3, -0.25) is 0 Å². The highest BCUT2D eigenvalue weighted by molar-refractivity contribution is 5.37. The summed E-state index contributed by atoms with van der Waals surface area (Å²) >= 11 is 0. The highest BCUT2D eigenvalue weighted by atomic mass is 19.2. The van der Waals surface area contributed by atoms with E-state index in [1.807, 2.05) is 6.92 Å². The molecular weight excluding hydrogens is 191 g/mol. The summed E-state index contributed by atoms with van der Waals surface area (Å²) in [5, 5.41) is 0. The molecule has 0 heterocycles. The molecule has 0 saturated carbocycles. The van der Waals surface area contributed by atoms with Gasteiger partial charge in [0.2, 0.25) is 0 Å². The molecule has 2 N–H and O–H groups in total. The Bertz CT molecular complexity index is 389. The molecule has 1 aromatic carbocycles. The maximum Gasteiger partial charge on any atom is 0.194 e. The van der Waals surface area contributed by atoms with E-state index < -0.39 is 23.5 Å². The molecule has 76 valence electrons. The molecule has 0 bridgehead atoms. The zero-order valence-corrected chi connectivity index (χ0v) is 7.65. The van der Waals surface area contributed by atoms with Gasteiger partial charge in [-0.2, -0.15) is 0 Å². The van der Waals surface area contributed by atoms with Crippen LogP contribution in [-0.2, 0) is 6.42 Å². The number of hydrogen-bond donors (Lipinski definition) is 1. The van der Waals surface area contributed by atoms with Gasteiger partial charge in [-0.15, -0.1) is 0 Å². The molecule has 0 aliphatic heterocycles. The summed E-state index contributed by atoms with van der Waals surface area (Å²) in [7, 11) is 0. The first-order valence-electron chi connectivity index (χ1n) is 4.44. The second-order valence-corrected chi connectivity index (χ2v) is 3.77. The molecule has 2 atom stereocenters. The fourth-order valence-corrected chi connectivity index (χ4v) is 1.95. The van der Waals surface area contributed by atoms with Gasteiger partial charge in [-0.05, 0) is 24.0 Å². The number of benzene rings is 1. The van der Waals surface area contributed by atoms with Crippen molar-refractivity contribution < 1.29 is 13.2 Å². The summed E-state index contributed by atoms with van der Waals surface area (Å²) in [4.78, 5) is 0. The minimum atomic E-state index is -1.42. The fraction of sp³-hybridized carbons (Fsp3) is 0.400. The van der Waals surface area contributed by atoms with Crippen LogP contribution in [0.5, 0.6) is 0 Å². The van der Waals surface area contributed by atoms with Crippen LogP contribution in [0, 0.1) is 23.4 Å². The number of hydrogen-bond acceptors (Lipinski definition) is 1. The van der Waals surface area contributed by atoms with Crippen molar-refractivity contribution in [2.45, 2.75) is 19.4 Å². The van der Waals surface area contributed by atoms with Gasteiger partial charge in [-0.25, -0.2) is 13.2 Å². The summed E-state index contributed by atoms with van der Waals surface area (Å²) in [6.07, 6.45) is 0.505. The van der Waals surface area contributed by atoms with Gasteiger partial charge in [-0.1, -0.05) is 6.92 Å². The first kappa shape index (κ1) is 9.52. The highest BCUT2D eigenvalue weighted by Crippen LogP contribution is 2.37. The topological polar surface area (TPSA) is 26.0 Å². The summed E-state index contributed by atoms with van der Waals surface area (Å²) in [5.41, 5.74) is 6.30. The Hall–Kier alpha value is -1.03. The van der Waals surface area contributed by atoms with E-state index in [-0.39, 0.29) is 11.5 Å². The maximum atomic E-state index is 13.3. The molecule has 4 heteroatoms. The third-order valence-corrected chi connectivity index (χ3v) is 2.77. The number of halogens is 3. The van der Waals surface area contributed by atoms with Crippen LogP contribution in [-0.4, -0.2) is 0 Å². The van der Waals surface area contributed by atoms with E-state index in [0.29, 0.717) is 12.0 Å². The third kappa shape index (κ3) is 1.14. The second-order valence-electron chi connectivity index (χ2n) is 3.77. The molecular formula is C10H10F3N. The van der Waals surface area contributed by atoms with Gasteiger partial charge in [0.25, 0.3) is 0 Å². The Morgan fingerprint density at radius 2 is 1.93 bits per heavy atom. The Morgan fingerprint density at radius 1 is 1.29 bits per heavy atom. The summed E-state index contributed by atoms with van der Waals surface area (Å²) < 4.78 is 39.0. The molecule has 1 nitrogen and oxygen atoms in total. The zero-order chi connectivity index (χ0) is 10.5. The molecule has 0 saturated heterocycles. The van der Waals surface area contributed by atoms with Crippen molar-refractivity contribution in [3.05, 3.63) is 34.6 Å².